The Balaban J connectivity index is 1.17. The van der Waals surface area contributed by atoms with Crippen molar-refractivity contribution >= 4 is 39.6 Å². The number of hydrogen-bond acceptors (Lipinski definition) is 8. The SMILES string of the molecule is CN[C@H]1CCc2nc(NC(=O)c3cccc([C@H]4CCCN4C(=O)c4csc(-c5cccnc5)n4)c3)sc2C1. The Hall–Kier alpha value is -3.47. The van der Waals surface area contributed by atoms with Gasteiger partial charge in [0.05, 0.1) is 11.7 Å². The van der Waals surface area contributed by atoms with Crippen molar-refractivity contribution in [3.05, 3.63) is 81.6 Å². The Morgan fingerprint density at radius 1 is 1.13 bits per heavy atom. The van der Waals surface area contributed by atoms with Gasteiger partial charge in [0.1, 0.15) is 10.7 Å². The van der Waals surface area contributed by atoms with Crippen molar-refractivity contribution in [1.29, 1.82) is 0 Å². The van der Waals surface area contributed by atoms with Gasteiger partial charge in [-0.1, -0.05) is 12.1 Å². The first-order chi connectivity index (χ1) is 18.6. The Kier molecular flexibility index (Phi) is 7.01. The van der Waals surface area contributed by atoms with Gasteiger partial charge in [0, 0.05) is 46.4 Å². The van der Waals surface area contributed by atoms with Gasteiger partial charge in [0.25, 0.3) is 11.8 Å². The van der Waals surface area contributed by atoms with Gasteiger partial charge in [-0.2, -0.15) is 0 Å². The molecule has 0 radical (unpaired) electrons. The number of likely N-dealkylation sites (N-methyl/N-ethyl adjacent to an activating group) is 1. The average Bonchev–Trinajstić information content (AvgIpc) is 3.72. The summed E-state index contributed by atoms with van der Waals surface area (Å²) in [6, 6.07) is 11.8. The van der Waals surface area contributed by atoms with E-state index >= 15 is 0 Å². The van der Waals surface area contributed by atoms with Crippen LogP contribution in [0.15, 0.2) is 54.2 Å². The zero-order valence-corrected chi connectivity index (χ0v) is 22.6. The molecule has 0 unspecified atom stereocenters. The molecule has 1 fully saturated rings. The van der Waals surface area contributed by atoms with Crippen molar-refractivity contribution in [2.45, 2.75) is 44.2 Å². The number of pyridine rings is 1. The number of hydrogen-bond donors (Lipinski definition) is 2. The second-order valence-corrected chi connectivity index (χ2v) is 11.6. The minimum atomic E-state index is -0.181. The smallest absolute Gasteiger partial charge is 0.273 e. The number of likely N-dealkylation sites (tertiary alicyclic amines) is 1. The molecule has 194 valence electrons. The first-order valence-corrected chi connectivity index (χ1v) is 14.5. The molecule has 1 aliphatic heterocycles. The summed E-state index contributed by atoms with van der Waals surface area (Å²) in [5.41, 5.74) is 3.97. The average molecular weight is 545 g/mol. The molecule has 1 aliphatic carbocycles. The maximum Gasteiger partial charge on any atom is 0.273 e. The summed E-state index contributed by atoms with van der Waals surface area (Å²) < 4.78 is 0. The maximum atomic E-state index is 13.4. The topological polar surface area (TPSA) is 100 Å². The molecule has 38 heavy (non-hydrogen) atoms. The lowest BCUT2D eigenvalue weighted by Gasteiger charge is -2.24. The van der Waals surface area contributed by atoms with E-state index in [4.69, 9.17) is 0 Å². The quantitative estimate of drug-likeness (QED) is 0.356. The van der Waals surface area contributed by atoms with Gasteiger partial charge in [-0.15, -0.1) is 22.7 Å². The minimum absolute atomic E-state index is 0.0815. The summed E-state index contributed by atoms with van der Waals surface area (Å²) >= 11 is 3.01. The summed E-state index contributed by atoms with van der Waals surface area (Å²) in [7, 11) is 1.99. The van der Waals surface area contributed by atoms with Crippen LogP contribution in [0.25, 0.3) is 10.6 Å². The molecule has 10 heteroatoms. The highest BCUT2D eigenvalue weighted by Crippen LogP contribution is 2.35. The van der Waals surface area contributed by atoms with Crippen LogP contribution in [0.1, 0.15) is 62.3 Å². The fourth-order valence-corrected chi connectivity index (χ4v) is 7.10. The summed E-state index contributed by atoms with van der Waals surface area (Å²) in [6.45, 7) is 0.665. The number of thiazole rings is 2. The highest BCUT2D eigenvalue weighted by atomic mass is 32.1. The van der Waals surface area contributed by atoms with Crippen molar-refractivity contribution in [2.24, 2.45) is 0 Å². The molecule has 0 spiro atoms. The third kappa shape index (κ3) is 4.99. The first-order valence-electron chi connectivity index (χ1n) is 12.8. The van der Waals surface area contributed by atoms with Gasteiger partial charge >= 0.3 is 0 Å². The molecule has 1 saturated heterocycles. The van der Waals surface area contributed by atoms with Gasteiger partial charge in [-0.25, -0.2) is 9.97 Å². The standard InChI is InChI=1S/C28H28N6O2S2/c1-29-20-9-10-21-24(14-20)38-28(32-21)33-25(35)18-6-2-5-17(13-18)23-8-4-12-34(23)27(36)22-16-37-26(31-22)19-7-3-11-30-15-19/h2-3,5-7,11,13,15-16,20,23,29H,4,8-10,12,14H2,1H3,(H,32,33,35)/t20-,23+/m0/s1. The van der Waals surface area contributed by atoms with Crippen LogP contribution in [-0.2, 0) is 12.8 Å². The Morgan fingerprint density at radius 2 is 2.05 bits per heavy atom. The minimum Gasteiger partial charge on any atom is -0.330 e. The first kappa shape index (κ1) is 24.8. The van der Waals surface area contributed by atoms with E-state index in [9.17, 15) is 9.59 Å². The second kappa shape index (κ2) is 10.7. The second-order valence-electron chi connectivity index (χ2n) is 9.63. The van der Waals surface area contributed by atoms with Crippen molar-refractivity contribution < 1.29 is 9.59 Å². The Morgan fingerprint density at radius 3 is 2.89 bits per heavy atom. The number of nitrogens with one attached hydrogen (secondary N) is 2. The predicted molar refractivity (Wildman–Crippen MR) is 150 cm³/mol. The van der Waals surface area contributed by atoms with Gasteiger partial charge < -0.3 is 10.2 Å². The third-order valence-corrected chi connectivity index (χ3v) is 9.17. The molecule has 8 nitrogen and oxygen atoms in total. The van der Waals surface area contributed by atoms with Crippen molar-refractivity contribution in [3.63, 3.8) is 0 Å². The van der Waals surface area contributed by atoms with Gasteiger partial charge in [0.15, 0.2) is 5.13 Å². The van der Waals surface area contributed by atoms with Gasteiger partial charge in [-0.05, 0) is 69.0 Å². The van der Waals surface area contributed by atoms with E-state index in [2.05, 4.69) is 25.6 Å². The van der Waals surface area contributed by atoms with E-state index in [0.29, 0.717) is 29.0 Å². The molecular weight excluding hydrogens is 516 g/mol. The molecule has 2 aliphatic rings. The summed E-state index contributed by atoms with van der Waals surface area (Å²) in [5, 5.41) is 9.58. The fourth-order valence-electron chi connectivity index (χ4n) is 5.23. The lowest BCUT2D eigenvalue weighted by atomic mass is 9.98. The molecule has 4 heterocycles. The van der Waals surface area contributed by atoms with Crippen molar-refractivity contribution in [2.75, 3.05) is 18.9 Å². The number of aromatic nitrogens is 3. The monoisotopic (exact) mass is 544 g/mol. The van der Waals surface area contributed by atoms with Gasteiger partial charge in [0.2, 0.25) is 0 Å². The predicted octanol–water partition coefficient (Wildman–Crippen LogP) is 4.97. The van der Waals surface area contributed by atoms with Crippen LogP contribution in [0.2, 0.25) is 0 Å². The number of benzene rings is 1. The van der Waals surface area contributed by atoms with E-state index < -0.39 is 0 Å². The third-order valence-electron chi connectivity index (χ3n) is 7.25. The van der Waals surface area contributed by atoms with E-state index in [1.807, 2.05) is 53.7 Å². The normalized spacial score (nSPS) is 18.8. The van der Waals surface area contributed by atoms with E-state index in [1.54, 1.807) is 23.7 Å². The maximum absolute atomic E-state index is 13.4. The Bertz CT molecular complexity index is 1470. The van der Waals surface area contributed by atoms with Crippen molar-refractivity contribution in [3.8, 4) is 10.6 Å². The number of carbonyl (C=O) groups excluding carboxylic acids is 2. The Labute approximate surface area is 229 Å². The van der Waals surface area contributed by atoms with Crippen molar-refractivity contribution in [1.82, 2.24) is 25.2 Å². The number of anilines is 1. The zero-order valence-electron chi connectivity index (χ0n) is 21.0. The number of rotatable bonds is 6. The van der Waals surface area contributed by atoms with E-state index in [1.165, 1.54) is 16.2 Å². The van der Waals surface area contributed by atoms with Crippen LogP contribution >= 0.6 is 22.7 Å². The number of amides is 2. The van der Waals surface area contributed by atoms with Crippen LogP contribution in [0, 0.1) is 0 Å². The number of carbonyl (C=O) groups is 2. The largest absolute Gasteiger partial charge is 0.330 e. The molecule has 3 aromatic heterocycles. The molecule has 2 amide bonds. The van der Waals surface area contributed by atoms with Crippen LogP contribution in [0.3, 0.4) is 0 Å². The van der Waals surface area contributed by atoms with E-state index in [0.717, 1.165) is 53.9 Å². The van der Waals surface area contributed by atoms with Crippen LogP contribution in [0.5, 0.6) is 0 Å². The van der Waals surface area contributed by atoms with Crippen LogP contribution in [-0.4, -0.2) is 51.3 Å². The highest BCUT2D eigenvalue weighted by molar-refractivity contribution is 7.16. The number of aryl methyl sites for hydroxylation is 1. The molecule has 4 aromatic rings. The summed E-state index contributed by atoms with van der Waals surface area (Å²) in [4.78, 5) is 43.1. The van der Waals surface area contributed by atoms with Crippen LogP contribution < -0.4 is 10.6 Å². The lowest BCUT2D eigenvalue weighted by Crippen LogP contribution is -2.31. The molecule has 0 bridgehead atoms. The van der Waals surface area contributed by atoms with Gasteiger partial charge in [-0.3, -0.25) is 19.9 Å². The summed E-state index contributed by atoms with van der Waals surface area (Å²) in [5.74, 6) is -0.262. The number of fused-ring (bicyclic) bond motifs is 1. The molecule has 2 N–H and O–H groups in total. The molecule has 2 atom stereocenters. The fraction of sp³-hybridized carbons (Fsp3) is 0.321. The molecule has 1 aromatic carbocycles. The number of nitrogens with zero attached hydrogens (tertiary/aromatic N) is 4. The molecule has 0 saturated carbocycles. The zero-order chi connectivity index (χ0) is 26.1. The van der Waals surface area contributed by atoms with Crippen LogP contribution in [0.4, 0.5) is 5.13 Å². The highest BCUT2D eigenvalue weighted by Gasteiger charge is 2.32. The molecular formula is C28H28N6O2S2. The summed E-state index contributed by atoms with van der Waals surface area (Å²) in [6.07, 6.45) is 8.16. The lowest BCUT2D eigenvalue weighted by molar-refractivity contribution is 0.0730. The van der Waals surface area contributed by atoms with E-state index in [-0.39, 0.29) is 17.9 Å². The molecule has 6 rings (SSSR count).